The van der Waals surface area contributed by atoms with Crippen LogP contribution >= 0.6 is 0 Å². The van der Waals surface area contributed by atoms with Gasteiger partial charge in [0.1, 0.15) is 5.75 Å². The number of hydrogen-bond donors (Lipinski definition) is 3. The Hall–Kier alpha value is -2.24. The molecule has 0 fully saturated rings. The number of hydrogen-bond acceptors (Lipinski definition) is 3. The van der Waals surface area contributed by atoms with Crippen LogP contribution in [0.4, 0.5) is 4.79 Å². The molecule has 1 aromatic rings. The molecule has 0 saturated carbocycles. The van der Waals surface area contributed by atoms with Gasteiger partial charge in [-0.15, -0.1) is 0 Å². The van der Waals surface area contributed by atoms with E-state index in [9.17, 15) is 9.59 Å². The van der Waals surface area contributed by atoms with E-state index in [1.807, 2.05) is 38.1 Å². The number of ether oxygens (including phenoxy) is 1. The number of carboxylic acids is 1. The van der Waals surface area contributed by atoms with Gasteiger partial charge in [-0.05, 0) is 23.6 Å². The molecule has 6 nitrogen and oxygen atoms in total. The van der Waals surface area contributed by atoms with Gasteiger partial charge in [-0.1, -0.05) is 26.0 Å². The number of benzene rings is 1. The minimum absolute atomic E-state index is 0.0406. The van der Waals surface area contributed by atoms with E-state index < -0.39 is 11.9 Å². The summed E-state index contributed by atoms with van der Waals surface area (Å²) in [7, 11) is 1.58. The van der Waals surface area contributed by atoms with Crippen LogP contribution in [0.2, 0.25) is 0 Å². The normalized spacial score (nSPS) is 11.8. The Bertz CT molecular complexity index is 488. The molecule has 0 spiro atoms. The Labute approximate surface area is 124 Å². The van der Waals surface area contributed by atoms with Crippen molar-refractivity contribution in [1.29, 1.82) is 0 Å². The van der Waals surface area contributed by atoms with Gasteiger partial charge in [-0.25, -0.2) is 4.79 Å². The van der Waals surface area contributed by atoms with E-state index in [0.29, 0.717) is 6.54 Å². The summed E-state index contributed by atoms with van der Waals surface area (Å²) in [4.78, 5) is 22.7. The molecular weight excluding hydrogens is 272 g/mol. The highest BCUT2D eigenvalue weighted by atomic mass is 16.5. The number of carbonyl (C=O) groups excluding carboxylic acids is 1. The number of carbonyl (C=O) groups is 2. The van der Waals surface area contributed by atoms with Crippen molar-refractivity contribution in [2.24, 2.45) is 11.8 Å². The summed E-state index contributed by atoms with van der Waals surface area (Å²) in [5.74, 6) is -0.813. The number of urea groups is 1. The van der Waals surface area contributed by atoms with E-state index in [1.165, 1.54) is 0 Å². The number of amides is 2. The molecule has 21 heavy (non-hydrogen) atoms. The van der Waals surface area contributed by atoms with Crippen LogP contribution in [-0.2, 0) is 11.3 Å². The van der Waals surface area contributed by atoms with Crippen LogP contribution in [0, 0.1) is 11.8 Å². The zero-order chi connectivity index (χ0) is 15.8. The molecule has 0 aliphatic rings. The average Bonchev–Trinajstić information content (AvgIpc) is 2.44. The summed E-state index contributed by atoms with van der Waals surface area (Å²) in [5, 5.41) is 14.3. The van der Waals surface area contributed by atoms with Gasteiger partial charge in [-0.2, -0.15) is 0 Å². The van der Waals surface area contributed by atoms with E-state index >= 15 is 0 Å². The number of nitrogens with one attached hydrogen (secondary N) is 2. The molecule has 3 N–H and O–H groups in total. The number of methoxy groups -OCH3 is 1. The molecule has 2 amide bonds. The summed E-state index contributed by atoms with van der Waals surface area (Å²) in [6.45, 7) is 4.09. The van der Waals surface area contributed by atoms with E-state index in [4.69, 9.17) is 9.84 Å². The molecule has 1 aromatic carbocycles. The number of aliphatic carboxylic acids is 1. The van der Waals surface area contributed by atoms with Crippen LogP contribution in [0.15, 0.2) is 24.3 Å². The Kier molecular flexibility index (Phi) is 6.52. The quantitative estimate of drug-likeness (QED) is 0.716. The zero-order valence-electron chi connectivity index (χ0n) is 12.6. The van der Waals surface area contributed by atoms with Crippen molar-refractivity contribution >= 4 is 12.0 Å². The molecule has 0 saturated heterocycles. The van der Waals surface area contributed by atoms with E-state index in [0.717, 1.165) is 11.3 Å². The van der Waals surface area contributed by atoms with Gasteiger partial charge in [0.25, 0.3) is 0 Å². The van der Waals surface area contributed by atoms with E-state index in [-0.39, 0.29) is 18.5 Å². The van der Waals surface area contributed by atoms with Crippen molar-refractivity contribution in [3.05, 3.63) is 29.8 Å². The standard InChI is InChI=1S/C15H22N2O4/c1-10(2)13(14(18)19)9-17-15(20)16-8-11-5-4-6-12(7-11)21-3/h4-7,10,13H,8-9H2,1-3H3,(H,18,19)(H2,16,17,20). The third kappa shape index (κ3) is 5.72. The van der Waals surface area contributed by atoms with Crippen LogP contribution < -0.4 is 15.4 Å². The smallest absolute Gasteiger partial charge is 0.315 e. The van der Waals surface area contributed by atoms with Gasteiger partial charge in [0.15, 0.2) is 0 Å². The Morgan fingerprint density at radius 3 is 2.57 bits per heavy atom. The van der Waals surface area contributed by atoms with Crippen LogP contribution in [0.5, 0.6) is 5.75 Å². The predicted molar refractivity (Wildman–Crippen MR) is 79.2 cm³/mol. The lowest BCUT2D eigenvalue weighted by molar-refractivity contribution is -0.142. The first kappa shape index (κ1) is 16.8. The Morgan fingerprint density at radius 1 is 1.29 bits per heavy atom. The molecule has 1 unspecified atom stereocenters. The maximum atomic E-state index is 11.7. The van der Waals surface area contributed by atoms with E-state index in [2.05, 4.69) is 10.6 Å². The van der Waals surface area contributed by atoms with Crippen LogP contribution in [0.1, 0.15) is 19.4 Å². The van der Waals surface area contributed by atoms with Gasteiger partial charge in [-0.3, -0.25) is 4.79 Å². The third-order valence-electron chi connectivity index (χ3n) is 3.19. The highest BCUT2D eigenvalue weighted by Crippen LogP contribution is 2.12. The summed E-state index contributed by atoms with van der Waals surface area (Å²) >= 11 is 0. The topological polar surface area (TPSA) is 87.7 Å². The van der Waals surface area contributed by atoms with Crippen molar-refractivity contribution in [2.75, 3.05) is 13.7 Å². The first-order chi connectivity index (χ1) is 9.93. The molecule has 1 rings (SSSR count). The summed E-state index contributed by atoms with van der Waals surface area (Å²) < 4.78 is 5.10. The first-order valence-corrected chi connectivity index (χ1v) is 6.81. The molecule has 1 atom stereocenters. The maximum absolute atomic E-state index is 11.7. The van der Waals surface area contributed by atoms with Crippen molar-refractivity contribution in [1.82, 2.24) is 10.6 Å². The van der Waals surface area contributed by atoms with Gasteiger partial charge in [0.05, 0.1) is 13.0 Å². The molecule has 0 aromatic heterocycles. The lowest BCUT2D eigenvalue weighted by atomic mass is 9.96. The highest BCUT2D eigenvalue weighted by molar-refractivity contribution is 5.75. The van der Waals surface area contributed by atoms with Crippen LogP contribution in [-0.4, -0.2) is 30.8 Å². The fourth-order valence-corrected chi connectivity index (χ4v) is 1.84. The second-order valence-corrected chi connectivity index (χ2v) is 5.10. The lowest BCUT2D eigenvalue weighted by Crippen LogP contribution is -2.41. The highest BCUT2D eigenvalue weighted by Gasteiger charge is 2.21. The van der Waals surface area contributed by atoms with Crippen molar-refractivity contribution in [3.8, 4) is 5.75 Å². The summed E-state index contributed by atoms with van der Waals surface area (Å²) in [5.41, 5.74) is 0.906. The molecule has 0 aliphatic carbocycles. The van der Waals surface area contributed by atoms with Gasteiger partial charge in [0.2, 0.25) is 0 Å². The SMILES string of the molecule is COc1cccc(CNC(=O)NCC(C(=O)O)C(C)C)c1. The second-order valence-electron chi connectivity index (χ2n) is 5.10. The largest absolute Gasteiger partial charge is 0.497 e. The van der Waals surface area contributed by atoms with Gasteiger partial charge in [0, 0.05) is 13.1 Å². The van der Waals surface area contributed by atoms with Crippen molar-refractivity contribution in [2.45, 2.75) is 20.4 Å². The molecule has 116 valence electrons. The molecule has 0 radical (unpaired) electrons. The van der Waals surface area contributed by atoms with Crippen molar-refractivity contribution in [3.63, 3.8) is 0 Å². The molecule has 0 bridgehead atoms. The predicted octanol–water partition coefficient (Wildman–Crippen LogP) is 1.85. The van der Waals surface area contributed by atoms with Crippen LogP contribution in [0.3, 0.4) is 0 Å². The monoisotopic (exact) mass is 294 g/mol. The summed E-state index contributed by atoms with van der Waals surface area (Å²) in [6, 6.07) is 6.98. The minimum atomic E-state index is -0.905. The van der Waals surface area contributed by atoms with Crippen LogP contribution in [0.25, 0.3) is 0 Å². The van der Waals surface area contributed by atoms with Gasteiger partial charge >= 0.3 is 12.0 Å². The average molecular weight is 294 g/mol. The van der Waals surface area contributed by atoms with Gasteiger partial charge < -0.3 is 20.5 Å². The zero-order valence-corrected chi connectivity index (χ0v) is 12.6. The summed E-state index contributed by atoms with van der Waals surface area (Å²) in [6.07, 6.45) is 0. The fraction of sp³-hybridized carbons (Fsp3) is 0.467. The Balaban J connectivity index is 2.41. The van der Waals surface area contributed by atoms with Crippen molar-refractivity contribution < 1.29 is 19.4 Å². The molecule has 0 heterocycles. The lowest BCUT2D eigenvalue weighted by Gasteiger charge is -2.17. The maximum Gasteiger partial charge on any atom is 0.315 e. The fourth-order valence-electron chi connectivity index (χ4n) is 1.84. The molecular formula is C15H22N2O4. The molecule has 6 heteroatoms. The number of rotatable bonds is 7. The molecule has 0 aliphatic heterocycles. The third-order valence-corrected chi connectivity index (χ3v) is 3.19. The second kappa shape index (κ2) is 8.14. The minimum Gasteiger partial charge on any atom is -0.497 e. The van der Waals surface area contributed by atoms with E-state index in [1.54, 1.807) is 7.11 Å². The Morgan fingerprint density at radius 2 is 2.00 bits per heavy atom. The first-order valence-electron chi connectivity index (χ1n) is 6.81. The number of carboxylic acid groups (broad SMARTS) is 1.